The van der Waals surface area contributed by atoms with Gasteiger partial charge in [-0.05, 0) is 34.1 Å². The van der Waals surface area contributed by atoms with E-state index in [0.717, 1.165) is 5.01 Å². The zero-order chi connectivity index (χ0) is 14.6. The van der Waals surface area contributed by atoms with Gasteiger partial charge in [0.25, 0.3) is 0 Å². The Balaban J connectivity index is 2.84. The summed E-state index contributed by atoms with van der Waals surface area (Å²) in [7, 11) is 0. The summed E-state index contributed by atoms with van der Waals surface area (Å²) in [6.07, 6.45) is -0.657. The first kappa shape index (κ1) is 15.9. The fraction of sp³-hybridized carbons (Fsp3) is 0.667. The highest BCUT2D eigenvalue weighted by Gasteiger charge is 2.29. The molecule has 0 bridgehead atoms. The number of hydrogen-bond donors (Lipinski definition) is 2. The van der Waals surface area contributed by atoms with Crippen LogP contribution in [-0.2, 0) is 4.74 Å². The van der Waals surface area contributed by atoms with E-state index in [1.165, 1.54) is 11.3 Å². The van der Waals surface area contributed by atoms with Crippen LogP contribution in [0, 0.1) is 6.92 Å². The Morgan fingerprint density at radius 1 is 1.58 bits per heavy atom. The molecule has 2 N–H and O–H groups in total. The van der Waals surface area contributed by atoms with Gasteiger partial charge in [-0.1, -0.05) is 0 Å². The van der Waals surface area contributed by atoms with Crippen LogP contribution in [0.5, 0.6) is 0 Å². The van der Waals surface area contributed by atoms with Gasteiger partial charge in [0.2, 0.25) is 0 Å². The molecule has 1 amide bonds. The summed E-state index contributed by atoms with van der Waals surface area (Å²) in [5, 5.41) is 22.1. The van der Waals surface area contributed by atoms with Crippen LogP contribution in [0.3, 0.4) is 0 Å². The van der Waals surface area contributed by atoms with E-state index in [1.54, 1.807) is 26.2 Å². The van der Waals surface area contributed by atoms with Gasteiger partial charge in [-0.2, -0.15) is 5.06 Å². The monoisotopic (exact) mass is 288 g/mol. The molecule has 0 aliphatic heterocycles. The van der Waals surface area contributed by atoms with Crippen LogP contribution in [0.15, 0.2) is 5.38 Å². The van der Waals surface area contributed by atoms with E-state index in [0.29, 0.717) is 10.8 Å². The molecule has 1 aromatic heterocycles. The lowest BCUT2D eigenvalue weighted by molar-refractivity contribution is -0.125. The third-order valence-electron chi connectivity index (χ3n) is 2.26. The summed E-state index contributed by atoms with van der Waals surface area (Å²) in [4.78, 5) is 16.0. The third-order valence-corrected chi connectivity index (χ3v) is 3.05. The SMILES string of the molecule is Cc1nc(C(CCO)N(O)C(=O)OC(C)(C)C)cs1. The van der Waals surface area contributed by atoms with Gasteiger partial charge in [-0.15, -0.1) is 11.3 Å². The van der Waals surface area contributed by atoms with E-state index in [1.807, 2.05) is 6.92 Å². The summed E-state index contributed by atoms with van der Waals surface area (Å²) in [6.45, 7) is 6.81. The van der Waals surface area contributed by atoms with Crippen LogP contribution >= 0.6 is 11.3 Å². The maximum Gasteiger partial charge on any atom is 0.434 e. The Morgan fingerprint density at radius 2 is 2.21 bits per heavy atom. The van der Waals surface area contributed by atoms with E-state index in [2.05, 4.69) is 4.98 Å². The van der Waals surface area contributed by atoms with Crippen molar-refractivity contribution in [1.82, 2.24) is 10.0 Å². The maximum atomic E-state index is 11.8. The van der Waals surface area contributed by atoms with E-state index in [4.69, 9.17) is 9.84 Å². The highest BCUT2D eigenvalue weighted by Crippen LogP contribution is 2.25. The molecular weight excluding hydrogens is 268 g/mol. The minimum absolute atomic E-state index is 0.166. The Kier molecular flexibility index (Phi) is 5.28. The molecule has 0 radical (unpaired) electrons. The Hall–Kier alpha value is -1.18. The van der Waals surface area contributed by atoms with E-state index in [9.17, 15) is 10.0 Å². The van der Waals surface area contributed by atoms with Crippen molar-refractivity contribution in [3.8, 4) is 0 Å². The minimum atomic E-state index is -0.850. The molecule has 6 nitrogen and oxygen atoms in total. The van der Waals surface area contributed by atoms with E-state index >= 15 is 0 Å². The zero-order valence-corrected chi connectivity index (χ0v) is 12.4. The number of aliphatic hydroxyl groups excluding tert-OH is 1. The molecule has 0 saturated carbocycles. The first-order valence-electron chi connectivity index (χ1n) is 5.98. The summed E-state index contributed by atoms with van der Waals surface area (Å²) < 4.78 is 5.09. The third kappa shape index (κ3) is 4.77. The van der Waals surface area contributed by atoms with Crippen LogP contribution in [-0.4, -0.2) is 38.7 Å². The Bertz CT molecular complexity index is 428. The number of rotatable bonds is 4. The van der Waals surface area contributed by atoms with Crippen LogP contribution in [0.4, 0.5) is 4.79 Å². The fourth-order valence-corrected chi connectivity index (χ4v) is 2.15. The van der Waals surface area contributed by atoms with Crippen molar-refractivity contribution in [3.05, 3.63) is 16.1 Å². The van der Waals surface area contributed by atoms with Crippen molar-refractivity contribution < 1.29 is 19.8 Å². The molecule has 0 aromatic carbocycles. The fourth-order valence-electron chi connectivity index (χ4n) is 1.49. The average molecular weight is 288 g/mol. The number of amides is 1. The lowest BCUT2D eigenvalue weighted by atomic mass is 10.1. The number of nitrogens with zero attached hydrogens (tertiary/aromatic N) is 2. The minimum Gasteiger partial charge on any atom is -0.442 e. The van der Waals surface area contributed by atoms with Gasteiger partial charge in [-0.25, -0.2) is 9.78 Å². The maximum absolute atomic E-state index is 11.8. The van der Waals surface area contributed by atoms with Crippen molar-refractivity contribution in [2.75, 3.05) is 6.61 Å². The summed E-state index contributed by atoms with van der Waals surface area (Å²) >= 11 is 1.42. The van der Waals surface area contributed by atoms with Gasteiger partial charge in [0.05, 0.1) is 10.7 Å². The number of aryl methyl sites for hydroxylation is 1. The smallest absolute Gasteiger partial charge is 0.434 e. The van der Waals surface area contributed by atoms with Crippen LogP contribution in [0.25, 0.3) is 0 Å². The first-order valence-corrected chi connectivity index (χ1v) is 6.86. The van der Waals surface area contributed by atoms with Gasteiger partial charge >= 0.3 is 6.09 Å². The number of hydroxylamine groups is 2. The first-order chi connectivity index (χ1) is 8.74. The standard InChI is InChI=1S/C12H20N2O4S/c1-8-13-9(7-19-8)10(5-6-15)14(17)11(16)18-12(2,3)4/h7,10,15,17H,5-6H2,1-4H3. The largest absolute Gasteiger partial charge is 0.442 e. The van der Waals surface area contributed by atoms with Crippen LogP contribution in [0.1, 0.15) is 43.9 Å². The predicted molar refractivity (Wildman–Crippen MR) is 71.2 cm³/mol. The molecule has 0 saturated heterocycles. The van der Waals surface area contributed by atoms with Crippen molar-refractivity contribution in [1.29, 1.82) is 0 Å². The van der Waals surface area contributed by atoms with Gasteiger partial charge in [-0.3, -0.25) is 5.21 Å². The number of carbonyl (C=O) groups excluding carboxylic acids is 1. The number of aromatic nitrogens is 1. The summed E-state index contributed by atoms with van der Waals surface area (Å²) in [5.74, 6) is 0. The lowest BCUT2D eigenvalue weighted by Gasteiger charge is -2.27. The number of hydrogen-bond acceptors (Lipinski definition) is 6. The molecule has 1 unspecified atom stereocenters. The molecular formula is C12H20N2O4S. The second-order valence-corrected chi connectivity index (χ2v) is 6.21. The molecule has 0 aliphatic rings. The van der Waals surface area contributed by atoms with Crippen molar-refractivity contribution >= 4 is 17.4 Å². The molecule has 19 heavy (non-hydrogen) atoms. The highest BCUT2D eigenvalue weighted by molar-refractivity contribution is 7.09. The predicted octanol–water partition coefficient (Wildman–Crippen LogP) is 2.50. The number of aliphatic hydroxyl groups is 1. The van der Waals surface area contributed by atoms with Gasteiger partial charge in [0.15, 0.2) is 0 Å². The average Bonchev–Trinajstić information content (AvgIpc) is 2.69. The molecule has 1 atom stereocenters. The quantitative estimate of drug-likeness (QED) is 0.657. The van der Waals surface area contributed by atoms with Gasteiger partial charge < -0.3 is 9.84 Å². The summed E-state index contributed by atoms with van der Waals surface area (Å²) in [5.41, 5.74) is -0.148. The molecule has 108 valence electrons. The Labute approximate surface area is 116 Å². The molecule has 1 heterocycles. The van der Waals surface area contributed by atoms with Gasteiger partial charge in [0, 0.05) is 12.0 Å². The number of thiazole rings is 1. The zero-order valence-electron chi connectivity index (χ0n) is 11.6. The molecule has 1 aromatic rings. The highest BCUT2D eigenvalue weighted by atomic mass is 32.1. The normalized spacial score (nSPS) is 13.2. The molecule has 0 aliphatic carbocycles. The van der Waals surface area contributed by atoms with E-state index < -0.39 is 17.7 Å². The van der Waals surface area contributed by atoms with Crippen molar-refractivity contribution in [3.63, 3.8) is 0 Å². The topological polar surface area (TPSA) is 82.9 Å². The summed E-state index contributed by atoms with van der Waals surface area (Å²) in [6, 6.07) is -0.704. The van der Waals surface area contributed by atoms with Crippen LogP contribution < -0.4 is 0 Å². The lowest BCUT2D eigenvalue weighted by Crippen LogP contribution is -2.37. The van der Waals surface area contributed by atoms with Crippen LogP contribution in [0.2, 0.25) is 0 Å². The molecule has 0 fully saturated rings. The molecule has 7 heteroatoms. The Morgan fingerprint density at radius 3 is 2.63 bits per heavy atom. The second kappa shape index (κ2) is 6.31. The number of carbonyl (C=O) groups is 1. The molecule has 1 rings (SSSR count). The number of ether oxygens (including phenoxy) is 1. The van der Waals surface area contributed by atoms with Crippen molar-refractivity contribution in [2.45, 2.75) is 45.8 Å². The van der Waals surface area contributed by atoms with E-state index in [-0.39, 0.29) is 13.0 Å². The van der Waals surface area contributed by atoms with Gasteiger partial charge in [0.1, 0.15) is 11.6 Å². The van der Waals surface area contributed by atoms with Crippen molar-refractivity contribution in [2.24, 2.45) is 0 Å². The second-order valence-electron chi connectivity index (χ2n) is 5.14. The molecule has 0 spiro atoms.